The first-order chi connectivity index (χ1) is 4.86. The van der Waals surface area contributed by atoms with Gasteiger partial charge in [0.25, 0.3) is 0 Å². The van der Waals surface area contributed by atoms with Crippen molar-refractivity contribution in [1.82, 2.24) is 4.90 Å². The summed E-state index contributed by atoms with van der Waals surface area (Å²) in [4.78, 5) is 12.6. The van der Waals surface area contributed by atoms with Gasteiger partial charge in [-0.15, -0.1) is 0 Å². The third-order valence-corrected chi connectivity index (χ3v) is 2.39. The molecular weight excluding hydrogens is 134 g/mol. The van der Waals surface area contributed by atoms with Crippen molar-refractivity contribution in [3.05, 3.63) is 0 Å². The van der Waals surface area contributed by atoms with E-state index in [4.69, 9.17) is 9.47 Å². The number of epoxide rings is 1. The SMILES string of the molecule is O=C1OC[C@@H]2[C@@H]3O[C@@H]3CN12. The predicted octanol–water partition coefficient (Wildman–Crippen LogP) is -0.412. The van der Waals surface area contributed by atoms with Gasteiger partial charge in [-0.05, 0) is 0 Å². The Morgan fingerprint density at radius 1 is 1.60 bits per heavy atom. The number of morpholine rings is 1. The molecule has 10 heavy (non-hydrogen) atoms. The van der Waals surface area contributed by atoms with E-state index in [-0.39, 0.29) is 12.1 Å². The number of rotatable bonds is 0. The lowest BCUT2D eigenvalue weighted by atomic mass is 10.2. The van der Waals surface area contributed by atoms with Gasteiger partial charge < -0.3 is 9.47 Å². The van der Waals surface area contributed by atoms with Crippen LogP contribution in [0, 0.1) is 0 Å². The minimum absolute atomic E-state index is 0.166. The fraction of sp³-hybridized carbons (Fsp3) is 0.833. The normalized spacial score (nSPS) is 48.6. The molecule has 0 aromatic carbocycles. The standard InChI is InChI=1S/C6H7NO3/c8-6-7-1-4-5(10-4)3(7)2-9-6/h3-5H,1-2H2/t3-,4-,5+/m1/s1. The van der Waals surface area contributed by atoms with E-state index >= 15 is 0 Å². The average molecular weight is 141 g/mol. The number of nitrogens with zero attached hydrogens (tertiary/aromatic N) is 1. The third kappa shape index (κ3) is 0.408. The van der Waals surface area contributed by atoms with Crippen molar-refractivity contribution in [2.24, 2.45) is 0 Å². The summed E-state index contributed by atoms with van der Waals surface area (Å²) in [5.74, 6) is 0. The number of hydrogen-bond acceptors (Lipinski definition) is 3. The maximum Gasteiger partial charge on any atom is 0.410 e. The van der Waals surface area contributed by atoms with E-state index in [1.54, 1.807) is 4.90 Å². The number of cyclic esters (lactones) is 1. The summed E-state index contributed by atoms with van der Waals surface area (Å²) in [5, 5.41) is 0. The number of ether oxygens (including phenoxy) is 2. The van der Waals surface area contributed by atoms with Gasteiger partial charge in [0.2, 0.25) is 0 Å². The first-order valence-corrected chi connectivity index (χ1v) is 3.45. The third-order valence-electron chi connectivity index (χ3n) is 2.39. The molecule has 0 radical (unpaired) electrons. The Balaban J connectivity index is 1.92. The van der Waals surface area contributed by atoms with Crippen LogP contribution in [0.1, 0.15) is 0 Å². The van der Waals surface area contributed by atoms with Gasteiger partial charge in [0.05, 0.1) is 12.6 Å². The zero-order valence-electron chi connectivity index (χ0n) is 5.32. The van der Waals surface area contributed by atoms with E-state index in [0.29, 0.717) is 18.8 Å². The van der Waals surface area contributed by atoms with Crippen molar-refractivity contribution in [2.45, 2.75) is 18.2 Å². The van der Waals surface area contributed by atoms with Crippen molar-refractivity contribution in [2.75, 3.05) is 13.2 Å². The maximum atomic E-state index is 10.9. The molecule has 3 aliphatic rings. The maximum absolute atomic E-state index is 10.9. The van der Waals surface area contributed by atoms with Crippen molar-refractivity contribution >= 4 is 6.09 Å². The average Bonchev–Trinajstić information content (AvgIpc) is 2.46. The molecule has 3 fully saturated rings. The van der Waals surface area contributed by atoms with Crippen LogP contribution < -0.4 is 0 Å². The fourth-order valence-corrected chi connectivity index (χ4v) is 1.78. The van der Waals surface area contributed by atoms with Crippen LogP contribution >= 0.6 is 0 Å². The lowest BCUT2D eigenvalue weighted by molar-refractivity contribution is 0.152. The molecule has 0 saturated carbocycles. The predicted molar refractivity (Wildman–Crippen MR) is 30.5 cm³/mol. The summed E-state index contributed by atoms with van der Waals surface area (Å²) in [5.41, 5.74) is 0. The Morgan fingerprint density at radius 3 is 3.30 bits per heavy atom. The van der Waals surface area contributed by atoms with E-state index in [0.717, 1.165) is 6.54 Å². The molecule has 3 saturated heterocycles. The second-order valence-electron chi connectivity index (χ2n) is 2.94. The van der Waals surface area contributed by atoms with Crippen LogP contribution in [0.15, 0.2) is 0 Å². The summed E-state index contributed by atoms with van der Waals surface area (Å²) >= 11 is 0. The molecule has 4 heteroatoms. The summed E-state index contributed by atoms with van der Waals surface area (Å²) in [6, 6.07) is 0.234. The molecule has 3 heterocycles. The largest absolute Gasteiger partial charge is 0.447 e. The molecule has 3 rings (SSSR count). The van der Waals surface area contributed by atoms with Gasteiger partial charge in [0.1, 0.15) is 18.8 Å². The van der Waals surface area contributed by atoms with Crippen molar-refractivity contribution < 1.29 is 14.3 Å². The van der Waals surface area contributed by atoms with E-state index in [1.165, 1.54) is 0 Å². The second-order valence-corrected chi connectivity index (χ2v) is 2.94. The van der Waals surface area contributed by atoms with Gasteiger partial charge in [0.15, 0.2) is 0 Å². The van der Waals surface area contributed by atoms with Gasteiger partial charge in [-0.3, -0.25) is 4.90 Å². The molecule has 3 atom stereocenters. The van der Waals surface area contributed by atoms with Gasteiger partial charge in [-0.25, -0.2) is 4.79 Å². The van der Waals surface area contributed by atoms with E-state index in [2.05, 4.69) is 0 Å². The Hall–Kier alpha value is -0.770. The van der Waals surface area contributed by atoms with Gasteiger partial charge >= 0.3 is 6.09 Å². The monoisotopic (exact) mass is 141 g/mol. The fourth-order valence-electron chi connectivity index (χ4n) is 1.78. The minimum Gasteiger partial charge on any atom is -0.447 e. The van der Waals surface area contributed by atoms with Gasteiger partial charge in [0, 0.05) is 0 Å². The highest BCUT2D eigenvalue weighted by atomic mass is 16.6. The molecule has 1 amide bonds. The summed E-state index contributed by atoms with van der Waals surface area (Å²) in [7, 11) is 0. The zero-order valence-corrected chi connectivity index (χ0v) is 5.32. The lowest BCUT2D eigenvalue weighted by Crippen LogP contribution is -2.32. The van der Waals surface area contributed by atoms with Crippen LogP contribution in [0.4, 0.5) is 4.79 Å². The number of carbonyl (C=O) groups is 1. The lowest BCUT2D eigenvalue weighted by Gasteiger charge is -2.12. The van der Waals surface area contributed by atoms with Gasteiger partial charge in [-0.1, -0.05) is 0 Å². The highest BCUT2D eigenvalue weighted by Crippen LogP contribution is 2.39. The molecule has 0 aromatic heterocycles. The molecule has 3 aliphatic heterocycles. The summed E-state index contributed by atoms with van der Waals surface area (Å²) in [6.07, 6.45) is 0.463. The highest BCUT2D eigenvalue weighted by molar-refractivity contribution is 5.71. The van der Waals surface area contributed by atoms with E-state index in [1.807, 2.05) is 0 Å². The van der Waals surface area contributed by atoms with E-state index < -0.39 is 0 Å². The number of hydrogen-bond donors (Lipinski definition) is 0. The molecule has 0 aromatic rings. The van der Waals surface area contributed by atoms with Crippen LogP contribution in [0.5, 0.6) is 0 Å². The molecule has 0 aliphatic carbocycles. The Morgan fingerprint density at radius 2 is 2.50 bits per heavy atom. The molecule has 4 nitrogen and oxygen atoms in total. The molecular formula is C6H7NO3. The molecule has 0 unspecified atom stereocenters. The van der Waals surface area contributed by atoms with Crippen molar-refractivity contribution in [1.29, 1.82) is 0 Å². The zero-order chi connectivity index (χ0) is 6.72. The van der Waals surface area contributed by atoms with E-state index in [9.17, 15) is 4.79 Å². The highest BCUT2D eigenvalue weighted by Gasteiger charge is 2.59. The molecule has 0 N–H and O–H groups in total. The van der Waals surface area contributed by atoms with Crippen LogP contribution in [0.2, 0.25) is 0 Å². The molecule has 0 bridgehead atoms. The summed E-state index contributed by atoms with van der Waals surface area (Å²) < 4.78 is 10.1. The van der Waals surface area contributed by atoms with Crippen LogP contribution in [0.3, 0.4) is 0 Å². The van der Waals surface area contributed by atoms with Crippen molar-refractivity contribution in [3.63, 3.8) is 0 Å². The number of carbonyl (C=O) groups excluding carboxylic acids is 1. The Labute approximate surface area is 57.7 Å². The smallest absolute Gasteiger partial charge is 0.410 e. The minimum atomic E-state index is -0.166. The number of amides is 1. The molecule has 0 spiro atoms. The quantitative estimate of drug-likeness (QED) is 0.430. The number of fused-ring (bicyclic) bond motifs is 3. The molecule has 54 valence electrons. The topological polar surface area (TPSA) is 42.1 Å². The van der Waals surface area contributed by atoms with Crippen molar-refractivity contribution in [3.8, 4) is 0 Å². The van der Waals surface area contributed by atoms with Crippen LogP contribution in [0.25, 0.3) is 0 Å². The first-order valence-electron chi connectivity index (χ1n) is 3.45. The Kier molecular flexibility index (Phi) is 0.642. The van der Waals surface area contributed by atoms with Crippen LogP contribution in [-0.2, 0) is 9.47 Å². The first kappa shape index (κ1) is 4.96. The summed E-state index contributed by atoms with van der Waals surface area (Å²) in [6.45, 7) is 1.27. The van der Waals surface area contributed by atoms with Gasteiger partial charge in [-0.2, -0.15) is 0 Å². The Bertz CT molecular complexity index is 205. The van der Waals surface area contributed by atoms with Crippen LogP contribution in [-0.4, -0.2) is 42.4 Å². The second kappa shape index (κ2) is 1.29.